The smallest absolute Gasteiger partial charge is 0.220 e. The van der Waals surface area contributed by atoms with E-state index in [9.17, 15) is 5.26 Å². The van der Waals surface area contributed by atoms with E-state index in [0.29, 0.717) is 43.5 Å². The third-order valence-corrected chi connectivity index (χ3v) is 5.67. The molecule has 6 nitrogen and oxygen atoms in total. The molecule has 0 unspecified atom stereocenters. The van der Waals surface area contributed by atoms with E-state index in [1.54, 1.807) is 0 Å². The fourth-order valence-electron chi connectivity index (χ4n) is 3.96. The molecule has 33 heavy (non-hydrogen) atoms. The molecule has 1 aliphatic heterocycles. The number of hydrogen-bond donors (Lipinski definition) is 0. The number of nitrogens with zero attached hydrogens (tertiary/aromatic N) is 3. The Bertz CT molecular complexity index is 1120. The number of aryl methyl sites for hydroxylation is 2. The Morgan fingerprint density at radius 1 is 1.06 bits per heavy atom. The van der Waals surface area contributed by atoms with Gasteiger partial charge < -0.3 is 14.2 Å². The van der Waals surface area contributed by atoms with Crippen molar-refractivity contribution in [1.29, 1.82) is 5.26 Å². The van der Waals surface area contributed by atoms with E-state index in [1.807, 2.05) is 31.2 Å². The first-order valence-corrected chi connectivity index (χ1v) is 11.5. The van der Waals surface area contributed by atoms with Gasteiger partial charge in [0, 0.05) is 12.0 Å². The molecule has 0 saturated carbocycles. The van der Waals surface area contributed by atoms with Crippen LogP contribution in [0.5, 0.6) is 5.88 Å². The average Bonchev–Trinajstić information content (AvgIpc) is 3.37. The van der Waals surface area contributed by atoms with E-state index >= 15 is 0 Å². The van der Waals surface area contributed by atoms with Crippen molar-refractivity contribution in [2.75, 3.05) is 19.8 Å². The van der Waals surface area contributed by atoms with E-state index in [0.717, 1.165) is 47.2 Å². The first kappa shape index (κ1) is 22.9. The lowest BCUT2D eigenvalue weighted by Gasteiger charge is -2.17. The van der Waals surface area contributed by atoms with Gasteiger partial charge in [-0.15, -0.1) is 0 Å². The predicted molar refractivity (Wildman–Crippen MR) is 126 cm³/mol. The lowest BCUT2D eigenvalue weighted by Crippen LogP contribution is -2.20. The summed E-state index contributed by atoms with van der Waals surface area (Å²) in [5.41, 5.74) is 5.81. The van der Waals surface area contributed by atoms with Crippen molar-refractivity contribution in [2.24, 2.45) is 0 Å². The second kappa shape index (κ2) is 11.0. The quantitative estimate of drug-likeness (QED) is 0.463. The van der Waals surface area contributed by atoms with Crippen molar-refractivity contribution in [3.8, 4) is 23.1 Å². The number of nitriles is 1. The molecule has 2 aromatic carbocycles. The second-order valence-electron chi connectivity index (χ2n) is 8.12. The largest absolute Gasteiger partial charge is 0.472 e. The molecular weight excluding hydrogens is 414 g/mol. The van der Waals surface area contributed by atoms with Crippen molar-refractivity contribution >= 4 is 0 Å². The van der Waals surface area contributed by atoms with E-state index in [2.05, 4.69) is 42.2 Å². The maximum atomic E-state index is 9.42. The lowest BCUT2D eigenvalue weighted by atomic mass is 9.96. The summed E-state index contributed by atoms with van der Waals surface area (Å²) in [5.74, 6) is 1.31. The van der Waals surface area contributed by atoms with Gasteiger partial charge in [0.1, 0.15) is 12.4 Å². The summed E-state index contributed by atoms with van der Waals surface area (Å²) >= 11 is 0. The van der Waals surface area contributed by atoms with Gasteiger partial charge in [0.2, 0.25) is 5.88 Å². The minimum Gasteiger partial charge on any atom is -0.472 e. The van der Waals surface area contributed by atoms with Gasteiger partial charge in [-0.25, -0.2) is 4.98 Å². The van der Waals surface area contributed by atoms with Gasteiger partial charge in [-0.05, 0) is 42.5 Å². The summed E-state index contributed by atoms with van der Waals surface area (Å²) in [4.78, 5) is 9.35. The topological polar surface area (TPSA) is 77.3 Å². The van der Waals surface area contributed by atoms with Gasteiger partial charge in [0.15, 0.2) is 6.29 Å². The Morgan fingerprint density at radius 2 is 1.82 bits per heavy atom. The van der Waals surface area contributed by atoms with Crippen LogP contribution in [0.1, 0.15) is 48.0 Å². The van der Waals surface area contributed by atoms with Crippen LogP contribution in [0.25, 0.3) is 11.1 Å². The van der Waals surface area contributed by atoms with E-state index in [1.165, 1.54) is 0 Å². The number of hydrogen-bond acceptors (Lipinski definition) is 6. The highest BCUT2D eigenvalue weighted by Crippen LogP contribution is 2.28. The Labute approximate surface area is 195 Å². The highest BCUT2D eigenvalue weighted by molar-refractivity contribution is 5.70. The molecule has 0 bridgehead atoms. The van der Waals surface area contributed by atoms with Gasteiger partial charge >= 0.3 is 0 Å². The van der Waals surface area contributed by atoms with Crippen LogP contribution in [-0.2, 0) is 22.3 Å². The summed E-state index contributed by atoms with van der Waals surface area (Å²) in [7, 11) is 0. The SMILES string of the molecule is CCCCc1nc(C)nc(OCC2OCCO2)c1Cc1ccc(-c2ccccc2C#N)cc1. The molecule has 4 rings (SSSR count). The molecule has 0 aliphatic carbocycles. The second-order valence-corrected chi connectivity index (χ2v) is 8.12. The minimum atomic E-state index is -0.355. The first-order chi connectivity index (χ1) is 16.2. The minimum absolute atomic E-state index is 0.306. The van der Waals surface area contributed by atoms with Crippen molar-refractivity contribution in [2.45, 2.75) is 45.8 Å². The third-order valence-electron chi connectivity index (χ3n) is 5.67. The Kier molecular flexibility index (Phi) is 7.66. The maximum absolute atomic E-state index is 9.42. The van der Waals surface area contributed by atoms with Crippen LogP contribution in [-0.4, -0.2) is 36.1 Å². The third kappa shape index (κ3) is 5.75. The molecule has 6 heteroatoms. The highest BCUT2D eigenvalue weighted by atomic mass is 16.7. The zero-order chi connectivity index (χ0) is 23.0. The lowest BCUT2D eigenvalue weighted by molar-refractivity contribution is -0.0693. The normalized spacial score (nSPS) is 13.7. The predicted octanol–water partition coefficient (Wildman–Crippen LogP) is 5.01. The van der Waals surface area contributed by atoms with Crippen LogP contribution in [0.3, 0.4) is 0 Å². The number of benzene rings is 2. The first-order valence-electron chi connectivity index (χ1n) is 11.5. The van der Waals surface area contributed by atoms with Crippen LogP contribution in [0.4, 0.5) is 0 Å². The molecular formula is C27H29N3O3. The van der Waals surface area contributed by atoms with Gasteiger partial charge in [0.05, 0.1) is 30.5 Å². The van der Waals surface area contributed by atoms with E-state index < -0.39 is 0 Å². The number of aromatic nitrogens is 2. The van der Waals surface area contributed by atoms with Gasteiger partial charge in [-0.2, -0.15) is 10.2 Å². The molecule has 0 atom stereocenters. The zero-order valence-electron chi connectivity index (χ0n) is 19.2. The molecule has 170 valence electrons. The summed E-state index contributed by atoms with van der Waals surface area (Å²) in [5, 5.41) is 9.42. The van der Waals surface area contributed by atoms with Gasteiger partial charge in [-0.1, -0.05) is 55.8 Å². The number of unbranched alkanes of at least 4 members (excludes halogenated alkanes) is 1. The maximum Gasteiger partial charge on any atom is 0.220 e. The Morgan fingerprint density at radius 3 is 2.55 bits per heavy atom. The number of rotatable bonds is 9. The number of ether oxygens (including phenoxy) is 3. The molecule has 1 fully saturated rings. The van der Waals surface area contributed by atoms with E-state index in [-0.39, 0.29) is 6.29 Å². The van der Waals surface area contributed by atoms with Crippen molar-refractivity contribution < 1.29 is 14.2 Å². The summed E-state index contributed by atoms with van der Waals surface area (Å²) < 4.78 is 17.1. The van der Waals surface area contributed by atoms with E-state index in [4.69, 9.17) is 19.2 Å². The molecule has 0 amide bonds. The standard InChI is InChI=1S/C27H29N3O3/c1-3-4-9-25-24(27(30-19(2)29-25)33-18-26-31-14-15-32-26)16-20-10-12-21(13-11-20)23-8-6-5-7-22(23)17-28/h5-8,10-13,26H,3-4,9,14-16,18H2,1-2H3. The van der Waals surface area contributed by atoms with Crippen LogP contribution >= 0.6 is 0 Å². The summed E-state index contributed by atoms with van der Waals surface area (Å²) in [6.07, 6.45) is 3.35. The fourth-order valence-corrected chi connectivity index (χ4v) is 3.96. The molecule has 1 aliphatic rings. The van der Waals surface area contributed by atoms with Crippen molar-refractivity contribution in [1.82, 2.24) is 9.97 Å². The zero-order valence-corrected chi connectivity index (χ0v) is 19.2. The van der Waals surface area contributed by atoms with Crippen LogP contribution in [0.2, 0.25) is 0 Å². The molecule has 0 radical (unpaired) electrons. The molecule has 2 heterocycles. The summed E-state index contributed by atoms with van der Waals surface area (Å²) in [6, 6.07) is 18.2. The Balaban J connectivity index is 1.60. The van der Waals surface area contributed by atoms with Crippen LogP contribution < -0.4 is 4.74 Å². The van der Waals surface area contributed by atoms with Gasteiger partial charge in [0.25, 0.3) is 0 Å². The van der Waals surface area contributed by atoms with Gasteiger partial charge in [-0.3, -0.25) is 0 Å². The summed E-state index contributed by atoms with van der Waals surface area (Å²) in [6.45, 7) is 5.56. The fraction of sp³-hybridized carbons (Fsp3) is 0.370. The van der Waals surface area contributed by atoms with Crippen LogP contribution in [0, 0.1) is 18.3 Å². The molecule has 0 N–H and O–H groups in total. The molecule has 0 spiro atoms. The molecule has 3 aromatic rings. The average molecular weight is 444 g/mol. The molecule has 1 saturated heterocycles. The monoisotopic (exact) mass is 443 g/mol. The van der Waals surface area contributed by atoms with Crippen molar-refractivity contribution in [3.63, 3.8) is 0 Å². The Hall–Kier alpha value is -3.27. The molecule has 1 aromatic heterocycles. The highest BCUT2D eigenvalue weighted by Gasteiger charge is 2.20. The van der Waals surface area contributed by atoms with Crippen molar-refractivity contribution in [3.05, 3.63) is 76.7 Å². The van der Waals surface area contributed by atoms with Crippen LogP contribution in [0.15, 0.2) is 48.5 Å².